The lowest BCUT2D eigenvalue weighted by atomic mass is 10.1. The molecule has 0 radical (unpaired) electrons. The fourth-order valence-electron chi connectivity index (χ4n) is 3.34. The Morgan fingerprint density at radius 3 is 2.67 bits per heavy atom. The molecule has 138 valence electrons. The van der Waals surface area contributed by atoms with Crippen LogP contribution in [0.15, 0.2) is 59.9 Å². The van der Waals surface area contributed by atoms with Gasteiger partial charge in [0.2, 0.25) is 0 Å². The lowest BCUT2D eigenvalue weighted by Gasteiger charge is -2.15. The van der Waals surface area contributed by atoms with E-state index in [9.17, 15) is 12.8 Å². The Kier molecular flexibility index (Phi) is 4.39. The van der Waals surface area contributed by atoms with Crippen LogP contribution in [0.25, 0.3) is 11.1 Å². The minimum Gasteiger partial charge on any atom is -0.363 e. The quantitative estimate of drug-likeness (QED) is 0.742. The minimum absolute atomic E-state index is 0.106. The molecule has 0 amide bonds. The average Bonchev–Trinajstić information content (AvgIpc) is 3.03. The number of sulfone groups is 1. The molecule has 27 heavy (non-hydrogen) atoms. The molecule has 1 N–H and O–H groups in total. The van der Waals surface area contributed by atoms with Crippen molar-refractivity contribution < 1.29 is 12.8 Å². The van der Waals surface area contributed by atoms with Gasteiger partial charge in [-0.15, -0.1) is 0 Å². The van der Waals surface area contributed by atoms with Gasteiger partial charge in [-0.2, -0.15) is 0 Å². The first kappa shape index (κ1) is 17.6. The van der Waals surface area contributed by atoms with Crippen molar-refractivity contribution in [1.82, 2.24) is 9.97 Å². The molecule has 0 fully saturated rings. The fraction of sp³-hybridized carbons (Fsp3) is 0.200. The maximum absolute atomic E-state index is 13.3. The molecule has 1 unspecified atom stereocenters. The van der Waals surface area contributed by atoms with Gasteiger partial charge >= 0.3 is 0 Å². The molecule has 4 rings (SSSR count). The summed E-state index contributed by atoms with van der Waals surface area (Å²) in [7, 11) is -3.31. The third-order valence-electron chi connectivity index (χ3n) is 4.74. The second-order valence-electron chi connectivity index (χ2n) is 6.69. The summed E-state index contributed by atoms with van der Waals surface area (Å²) < 4.78 is 36.7. The Morgan fingerprint density at radius 1 is 1.07 bits per heavy atom. The standard InChI is InChI=1S/C20H18FN3O2S/c1-27(25,26)17-9-15(10-22-12-17)14-3-7-20(23-11-14)24-19-6-2-13-8-16(21)4-5-18(13)19/h3-5,7-12,19H,2,6H2,1H3,(H,23,24). The van der Waals surface area contributed by atoms with Gasteiger partial charge in [0.1, 0.15) is 11.6 Å². The number of hydrogen-bond donors (Lipinski definition) is 1. The summed E-state index contributed by atoms with van der Waals surface area (Å²) >= 11 is 0. The summed E-state index contributed by atoms with van der Waals surface area (Å²) in [5.74, 6) is 0.509. The van der Waals surface area contributed by atoms with Crippen LogP contribution in [0.5, 0.6) is 0 Å². The molecule has 7 heteroatoms. The van der Waals surface area contributed by atoms with Gasteiger partial charge in [0.15, 0.2) is 9.84 Å². The maximum Gasteiger partial charge on any atom is 0.177 e. The second kappa shape index (κ2) is 6.74. The van der Waals surface area contributed by atoms with Crippen molar-refractivity contribution in [2.75, 3.05) is 11.6 Å². The number of rotatable bonds is 4. The molecule has 2 aromatic heterocycles. The molecule has 1 aliphatic rings. The van der Waals surface area contributed by atoms with Crippen molar-refractivity contribution in [1.29, 1.82) is 0 Å². The van der Waals surface area contributed by atoms with Crippen molar-refractivity contribution >= 4 is 15.7 Å². The highest BCUT2D eigenvalue weighted by molar-refractivity contribution is 7.90. The van der Waals surface area contributed by atoms with Crippen LogP contribution < -0.4 is 5.32 Å². The van der Waals surface area contributed by atoms with Crippen molar-refractivity contribution in [2.45, 2.75) is 23.8 Å². The van der Waals surface area contributed by atoms with Gasteiger partial charge in [-0.1, -0.05) is 6.07 Å². The highest BCUT2D eigenvalue weighted by Crippen LogP contribution is 2.34. The zero-order chi connectivity index (χ0) is 19.0. The van der Waals surface area contributed by atoms with Gasteiger partial charge < -0.3 is 5.32 Å². The highest BCUT2D eigenvalue weighted by atomic mass is 32.2. The first-order chi connectivity index (χ1) is 12.9. The largest absolute Gasteiger partial charge is 0.363 e. The number of nitrogens with zero attached hydrogens (tertiary/aromatic N) is 2. The monoisotopic (exact) mass is 383 g/mol. The first-order valence-corrected chi connectivity index (χ1v) is 10.5. The van der Waals surface area contributed by atoms with Crippen LogP contribution in [0, 0.1) is 5.82 Å². The van der Waals surface area contributed by atoms with Crippen LogP contribution in [0.3, 0.4) is 0 Å². The molecule has 0 saturated heterocycles. The van der Waals surface area contributed by atoms with Gasteiger partial charge in [0.05, 0.1) is 10.9 Å². The Morgan fingerprint density at radius 2 is 1.93 bits per heavy atom. The van der Waals surface area contributed by atoms with E-state index in [1.54, 1.807) is 24.5 Å². The Hall–Kier alpha value is -2.80. The summed E-state index contributed by atoms with van der Waals surface area (Å²) in [6.45, 7) is 0. The minimum atomic E-state index is -3.31. The van der Waals surface area contributed by atoms with Gasteiger partial charge in [-0.3, -0.25) is 4.98 Å². The molecule has 0 saturated carbocycles. The van der Waals surface area contributed by atoms with Gasteiger partial charge in [-0.05, 0) is 54.3 Å². The van der Waals surface area contributed by atoms with Crippen LogP contribution in [0.2, 0.25) is 0 Å². The Balaban J connectivity index is 1.54. The molecule has 0 aliphatic heterocycles. The van der Waals surface area contributed by atoms with Crippen molar-refractivity contribution in [3.63, 3.8) is 0 Å². The topological polar surface area (TPSA) is 72.0 Å². The summed E-state index contributed by atoms with van der Waals surface area (Å²) in [5.41, 5.74) is 3.62. The normalized spacial score (nSPS) is 16.1. The number of anilines is 1. The molecular weight excluding hydrogens is 365 g/mol. The van der Waals surface area contributed by atoms with E-state index < -0.39 is 9.84 Å². The lowest BCUT2D eigenvalue weighted by molar-refractivity contribution is 0.601. The van der Waals surface area contributed by atoms with E-state index in [4.69, 9.17) is 0 Å². The molecule has 0 spiro atoms. The van der Waals surface area contributed by atoms with Crippen molar-refractivity contribution in [2.24, 2.45) is 0 Å². The third-order valence-corrected chi connectivity index (χ3v) is 5.82. The van der Waals surface area contributed by atoms with Crippen LogP contribution in [0.4, 0.5) is 10.2 Å². The van der Waals surface area contributed by atoms with Gasteiger partial charge in [-0.25, -0.2) is 17.8 Å². The SMILES string of the molecule is CS(=O)(=O)c1cncc(-c2ccc(NC3CCc4cc(F)ccc43)nc2)c1. The van der Waals surface area contributed by atoms with Crippen LogP contribution in [-0.2, 0) is 16.3 Å². The zero-order valence-corrected chi connectivity index (χ0v) is 15.5. The summed E-state index contributed by atoms with van der Waals surface area (Å²) in [6.07, 6.45) is 7.52. The van der Waals surface area contributed by atoms with E-state index in [1.807, 2.05) is 18.2 Å². The molecular formula is C20H18FN3O2S. The zero-order valence-electron chi connectivity index (χ0n) is 14.7. The number of nitrogens with one attached hydrogen (secondary N) is 1. The average molecular weight is 383 g/mol. The van der Waals surface area contributed by atoms with Gasteiger partial charge in [0.25, 0.3) is 0 Å². The summed E-state index contributed by atoms with van der Waals surface area (Å²) in [4.78, 5) is 8.63. The molecule has 5 nitrogen and oxygen atoms in total. The van der Waals surface area contributed by atoms with Crippen molar-refractivity contribution in [3.8, 4) is 11.1 Å². The number of hydrogen-bond acceptors (Lipinski definition) is 5. The highest BCUT2D eigenvalue weighted by Gasteiger charge is 2.23. The Labute approximate surface area is 157 Å². The van der Waals surface area contributed by atoms with Gasteiger partial charge in [0, 0.05) is 36.0 Å². The van der Waals surface area contributed by atoms with Crippen LogP contribution >= 0.6 is 0 Å². The summed E-state index contributed by atoms with van der Waals surface area (Å²) in [5, 5.41) is 3.39. The predicted molar refractivity (Wildman–Crippen MR) is 102 cm³/mol. The number of benzene rings is 1. The smallest absolute Gasteiger partial charge is 0.177 e. The fourth-order valence-corrected chi connectivity index (χ4v) is 3.94. The molecule has 1 atom stereocenters. The number of aromatic nitrogens is 2. The lowest BCUT2D eigenvalue weighted by Crippen LogP contribution is -2.08. The van der Waals surface area contributed by atoms with Crippen molar-refractivity contribution in [3.05, 3.63) is 71.9 Å². The third kappa shape index (κ3) is 3.68. The number of halogens is 1. The second-order valence-corrected chi connectivity index (χ2v) is 8.71. The molecule has 3 aromatic rings. The summed E-state index contributed by atoms with van der Waals surface area (Å²) in [6, 6.07) is 10.3. The van der Waals surface area contributed by atoms with Crippen LogP contribution in [0.1, 0.15) is 23.6 Å². The van der Waals surface area contributed by atoms with E-state index >= 15 is 0 Å². The first-order valence-electron chi connectivity index (χ1n) is 8.56. The molecule has 1 aromatic carbocycles. The molecule has 1 aliphatic carbocycles. The van der Waals surface area contributed by atoms with E-state index in [0.29, 0.717) is 11.4 Å². The molecule has 2 heterocycles. The van der Waals surface area contributed by atoms with E-state index in [1.165, 1.54) is 12.3 Å². The molecule has 0 bridgehead atoms. The Bertz CT molecular complexity index is 1100. The number of fused-ring (bicyclic) bond motifs is 1. The predicted octanol–water partition coefficient (Wildman–Crippen LogP) is 3.79. The maximum atomic E-state index is 13.3. The number of pyridine rings is 2. The van der Waals surface area contributed by atoms with E-state index in [2.05, 4.69) is 15.3 Å². The van der Waals surface area contributed by atoms with E-state index in [0.717, 1.165) is 35.8 Å². The van der Waals surface area contributed by atoms with E-state index in [-0.39, 0.29) is 16.8 Å². The number of aryl methyl sites for hydroxylation is 1. The van der Waals surface area contributed by atoms with Crippen LogP contribution in [-0.4, -0.2) is 24.6 Å².